The molecule has 2 aromatic carbocycles. The van der Waals surface area contributed by atoms with Crippen molar-refractivity contribution in [2.45, 2.75) is 25.8 Å². The third-order valence-electron chi connectivity index (χ3n) is 3.96. The fourth-order valence-corrected chi connectivity index (χ4v) is 2.57. The van der Waals surface area contributed by atoms with Gasteiger partial charge in [0.15, 0.2) is 0 Å². The van der Waals surface area contributed by atoms with Crippen LogP contribution in [0.3, 0.4) is 0 Å². The summed E-state index contributed by atoms with van der Waals surface area (Å²) in [5, 5.41) is 3.10. The van der Waals surface area contributed by atoms with Crippen LogP contribution in [0.25, 0.3) is 0 Å². The van der Waals surface area contributed by atoms with Crippen molar-refractivity contribution in [1.29, 1.82) is 0 Å². The van der Waals surface area contributed by atoms with E-state index in [1.807, 2.05) is 30.3 Å². The molecule has 3 heteroatoms. The van der Waals surface area contributed by atoms with Crippen LogP contribution in [0.15, 0.2) is 48.5 Å². The van der Waals surface area contributed by atoms with E-state index in [9.17, 15) is 9.18 Å². The Morgan fingerprint density at radius 2 is 1.90 bits per heavy atom. The zero-order chi connectivity index (χ0) is 14.8. The van der Waals surface area contributed by atoms with Crippen LogP contribution >= 0.6 is 0 Å². The van der Waals surface area contributed by atoms with Crippen molar-refractivity contribution < 1.29 is 9.18 Å². The van der Waals surface area contributed by atoms with Gasteiger partial charge in [-0.2, -0.15) is 0 Å². The molecule has 21 heavy (non-hydrogen) atoms. The summed E-state index contributed by atoms with van der Waals surface area (Å²) in [5.41, 5.74) is 2.13. The molecule has 2 nitrogen and oxygen atoms in total. The lowest BCUT2D eigenvalue weighted by molar-refractivity contribution is 0.0931. The van der Waals surface area contributed by atoms with Crippen molar-refractivity contribution in [3.05, 3.63) is 71.0 Å². The van der Waals surface area contributed by atoms with Crippen molar-refractivity contribution in [3.63, 3.8) is 0 Å². The molecule has 0 saturated heterocycles. The molecule has 1 atom stereocenters. The van der Waals surface area contributed by atoms with Crippen LogP contribution in [-0.4, -0.2) is 5.91 Å². The van der Waals surface area contributed by atoms with Crippen molar-refractivity contribution in [2.75, 3.05) is 0 Å². The standard InChI is InChI=1S/C18H18FNO/c1-12-11-15(9-10-16(12)19)18(21)20-17(14-7-8-14)13-5-3-2-4-6-13/h2-6,9-11,14,17H,7-8H2,1H3,(H,20,21). The molecule has 108 valence electrons. The second-order valence-corrected chi connectivity index (χ2v) is 5.66. The number of amides is 1. The Morgan fingerprint density at radius 1 is 1.19 bits per heavy atom. The van der Waals surface area contributed by atoms with E-state index in [1.54, 1.807) is 13.0 Å². The molecular weight excluding hydrogens is 265 g/mol. The Bertz CT molecular complexity index is 650. The van der Waals surface area contributed by atoms with Gasteiger partial charge in [-0.3, -0.25) is 4.79 Å². The number of carbonyl (C=O) groups is 1. The second kappa shape index (κ2) is 5.68. The number of hydrogen-bond acceptors (Lipinski definition) is 1. The van der Waals surface area contributed by atoms with Crippen molar-refractivity contribution in [1.82, 2.24) is 5.32 Å². The normalized spacial score (nSPS) is 15.5. The number of hydrogen-bond donors (Lipinski definition) is 1. The van der Waals surface area contributed by atoms with Crippen LogP contribution in [0.2, 0.25) is 0 Å². The first kappa shape index (κ1) is 13.8. The fraction of sp³-hybridized carbons (Fsp3) is 0.278. The Kier molecular flexibility index (Phi) is 3.74. The van der Waals surface area contributed by atoms with Gasteiger partial charge in [-0.25, -0.2) is 4.39 Å². The van der Waals surface area contributed by atoms with Crippen molar-refractivity contribution >= 4 is 5.91 Å². The number of nitrogens with one attached hydrogen (secondary N) is 1. The van der Waals surface area contributed by atoms with E-state index in [-0.39, 0.29) is 17.8 Å². The lowest BCUT2D eigenvalue weighted by atomic mass is 10.0. The monoisotopic (exact) mass is 283 g/mol. The Labute approximate surface area is 124 Å². The minimum absolute atomic E-state index is 0.0454. The van der Waals surface area contributed by atoms with E-state index >= 15 is 0 Å². The molecule has 1 N–H and O–H groups in total. The second-order valence-electron chi connectivity index (χ2n) is 5.66. The minimum Gasteiger partial charge on any atom is -0.345 e. The highest BCUT2D eigenvalue weighted by Gasteiger charge is 2.33. The van der Waals surface area contributed by atoms with Crippen LogP contribution in [0.5, 0.6) is 0 Å². The number of halogens is 1. The maximum Gasteiger partial charge on any atom is 0.251 e. The van der Waals surface area contributed by atoms with Gasteiger partial charge in [0.05, 0.1) is 6.04 Å². The van der Waals surface area contributed by atoms with E-state index in [1.165, 1.54) is 12.1 Å². The topological polar surface area (TPSA) is 29.1 Å². The number of aryl methyl sites for hydroxylation is 1. The summed E-state index contributed by atoms with van der Waals surface area (Å²) in [5.74, 6) is 0.0881. The maximum atomic E-state index is 13.3. The average Bonchev–Trinajstić information content (AvgIpc) is 3.33. The Morgan fingerprint density at radius 3 is 2.52 bits per heavy atom. The van der Waals surface area contributed by atoms with Crippen molar-refractivity contribution in [2.24, 2.45) is 5.92 Å². The molecule has 1 fully saturated rings. The average molecular weight is 283 g/mol. The van der Waals surface area contributed by atoms with E-state index < -0.39 is 0 Å². The zero-order valence-corrected chi connectivity index (χ0v) is 12.0. The summed E-state index contributed by atoms with van der Waals surface area (Å²) in [6.45, 7) is 1.67. The molecule has 1 amide bonds. The molecule has 0 heterocycles. The summed E-state index contributed by atoms with van der Waals surface area (Å²) in [6.07, 6.45) is 2.28. The molecule has 0 aliphatic heterocycles. The summed E-state index contributed by atoms with van der Waals surface area (Å²) in [7, 11) is 0. The Hall–Kier alpha value is -2.16. The highest BCUT2D eigenvalue weighted by Crippen LogP contribution is 2.41. The van der Waals surface area contributed by atoms with Crippen LogP contribution < -0.4 is 5.32 Å². The van der Waals surface area contributed by atoms with Crippen LogP contribution in [0.4, 0.5) is 4.39 Å². The molecule has 1 saturated carbocycles. The molecule has 2 aromatic rings. The molecule has 0 bridgehead atoms. The van der Waals surface area contributed by atoms with Gasteiger partial charge in [-0.1, -0.05) is 30.3 Å². The summed E-state index contributed by atoms with van der Waals surface area (Å²) < 4.78 is 13.3. The highest BCUT2D eigenvalue weighted by atomic mass is 19.1. The molecule has 0 radical (unpaired) electrons. The lowest BCUT2D eigenvalue weighted by Gasteiger charge is -2.19. The van der Waals surface area contributed by atoms with E-state index in [0.29, 0.717) is 17.0 Å². The molecule has 1 aliphatic carbocycles. The predicted octanol–water partition coefficient (Wildman–Crippen LogP) is 4.02. The van der Waals surface area contributed by atoms with E-state index in [0.717, 1.165) is 18.4 Å². The maximum absolute atomic E-state index is 13.3. The highest BCUT2D eigenvalue weighted by molar-refractivity contribution is 5.94. The predicted molar refractivity (Wildman–Crippen MR) is 80.5 cm³/mol. The van der Waals surface area contributed by atoms with Gasteiger partial charge in [-0.15, -0.1) is 0 Å². The first-order valence-corrected chi connectivity index (χ1v) is 7.27. The molecule has 0 aromatic heterocycles. The quantitative estimate of drug-likeness (QED) is 0.902. The fourth-order valence-electron chi connectivity index (χ4n) is 2.57. The molecule has 3 rings (SSSR count). The first-order valence-electron chi connectivity index (χ1n) is 7.27. The van der Waals surface area contributed by atoms with Crippen LogP contribution in [-0.2, 0) is 0 Å². The van der Waals surface area contributed by atoms with Gasteiger partial charge in [0, 0.05) is 5.56 Å². The summed E-state index contributed by atoms with van der Waals surface area (Å²) >= 11 is 0. The largest absolute Gasteiger partial charge is 0.345 e. The van der Waals surface area contributed by atoms with Gasteiger partial charge >= 0.3 is 0 Å². The first-order chi connectivity index (χ1) is 10.1. The number of rotatable bonds is 4. The number of carbonyl (C=O) groups excluding carboxylic acids is 1. The summed E-state index contributed by atoms with van der Waals surface area (Å²) in [4.78, 5) is 12.4. The third-order valence-corrected chi connectivity index (χ3v) is 3.96. The Balaban J connectivity index is 1.79. The minimum atomic E-state index is -0.284. The zero-order valence-electron chi connectivity index (χ0n) is 12.0. The van der Waals surface area contributed by atoms with Gasteiger partial charge in [-0.05, 0) is 55.0 Å². The van der Waals surface area contributed by atoms with Crippen LogP contribution in [0.1, 0.15) is 40.4 Å². The van der Waals surface area contributed by atoms with E-state index in [4.69, 9.17) is 0 Å². The van der Waals surface area contributed by atoms with Gasteiger partial charge in [0.1, 0.15) is 5.82 Å². The van der Waals surface area contributed by atoms with Crippen molar-refractivity contribution in [3.8, 4) is 0 Å². The van der Waals surface area contributed by atoms with Gasteiger partial charge in [0.2, 0.25) is 0 Å². The SMILES string of the molecule is Cc1cc(C(=O)NC(c2ccccc2)C2CC2)ccc1F. The molecule has 0 spiro atoms. The molecular formula is C18H18FNO. The van der Waals surface area contributed by atoms with Gasteiger partial charge < -0.3 is 5.32 Å². The third kappa shape index (κ3) is 3.13. The summed E-state index contributed by atoms with van der Waals surface area (Å²) in [6, 6.07) is 14.5. The van der Waals surface area contributed by atoms with Gasteiger partial charge in [0.25, 0.3) is 5.91 Å². The molecule has 1 unspecified atom stereocenters. The smallest absolute Gasteiger partial charge is 0.251 e. The van der Waals surface area contributed by atoms with E-state index in [2.05, 4.69) is 5.32 Å². The lowest BCUT2D eigenvalue weighted by Crippen LogP contribution is -2.29. The van der Waals surface area contributed by atoms with Crippen LogP contribution in [0, 0.1) is 18.7 Å². The molecule has 1 aliphatic rings. The number of benzene rings is 2.